The largest absolute Gasteiger partial charge is 0.324 e. The molecule has 4 N–H and O–H groups in total. The lowest BCUT2D eigenvalue weighted by molar-refractivity contribution is -0.387. The lowest BCUT2D eigenvalue weighted by Crippen LogP contribution is -2.32. The molecule has 1 rings (SSSR count). The zero-order valence-electron chi connectivity index (χ0n) is 11.5. The predicted octanol–water partition coefficient (Wildman–Crippen LogP) is 1.20. The molecule has 112 valence electrons. The zero-order chi connectivity index (χ0) is 15.6. The number of nitrogens with two attached hydrogens (primary N) is 1. The molecule has 8 nitrogen and oxygen atoms in total. The molecule has 0 saturated carbocycles. The van der Waals surface area contributed by atoms with Gasteiger partial charge in [-0.25, -0.2) is 13.1 Å². The second-order valence-electron chi connectivity index (χ2n) is 5.47. The minimum absolute atomic E-state index is 0.170. The first-order chi connectivity index (χ1) is 9.07. The fourth-order valence-electron chi connectivity index (χ4n) is 1.37. The van der Waals surface area contributed by atoms with Crippen molar-refractivity contribution < 1.29 is 13.3 Å². The Balaban J connectivity index is 3.21. The van der Waals surface area contributed by atoms with Crippen LogP contribution in [-0.2, 0) is 10.0 Å². The van der Waals surface area contributed by atoms with Crippen LogP contribution in [0.4, 0.5) is 11.4 Å². The number of sulfonamides is 1. The number of nitrogens with one attached hydrogen (secondary N) is 2. The van der Waals surface area contributed by atoms with Crippen molar-refractivity contribution in [2.75, 3.05) is 12.0 Å². The first-order valence-electron chi connectivity index (χ1n) is 5.81. The van der Waals surface area contributed by atoms with E-state index in [1.54, 1.807) is 0 Å². The average molecular weight is 302 g/mol. The Labute approximate surface area is 117 Å². The van der Waals surface area contributed by atoms with E-state index in [0.717, 1.165) is 12.1 Å². The van der Waals surface area contributed by atoms with Crippen LogP contribution in [-0.4, -0.2) is 19.9 Å². The van der Waals surface area contributed by atoms with Gasteiger partial charge in [0.1, 0.15) is 0 Å². The number of nitrogen functional groups attached to an aromatic ring is 1. The Morgan fingerprint density at radius 1 is 1.35 bits per heavy atom. The molecule has 20 heavy (non-hydrogen) atoms. The van der Waals surface area contributed by atoms with Crippen LogP contribution in [0, 0.1) is 15.5 Å². The molecule has 0 aliphatic carbocycles. The van der Waals surface area contributed by atoms with Gasteiger partial charge in [-0.2, -0.15) is 0 Å². The van der Waals surface area contributed by atoms with E-state index in [2.05, 4.69) is 10.1 Å². The number of anilines is 1. The van der Waals surface area contributed by atoms with E-state index in [-0.39, 0.29) is 22.5 Å². The Morgan fingerprint density at radius 3 is 2.40 bits per heavy atom. The Morgan fingerprint density at radius 2 is 1.95 bits per heavy atom. The highest BCUT2D eigenvalue weighted by atomic mass is 32.2. The van der Waals surface area contributed by atoms with Gasteiger partial charge in [0.15, 0.2) is 4.90 Å². The Hall–Kier alpha value is -1.71. The second kappa shape index (κ2) is 5.73. The predicted molar refractivity (Wildman–Crippen MR) is 75.6 cm³/mol. The van der Waals surface area contributed by atoms with Crippen molar-refractivity contribution in [3.8, 4) is 0 Å². The highest BCUT2D eigenvalue weighted by Crippen LogP contribution is 2.27. The highest BCUT2D eigenvalue weighted by molar-refractivity contribution is 7.89. The summed E-state index contributed by atoms with van der Waals surface area (Å²) in [5.41, 5.74) is 1.69. The SMILES string of the molecule is CC(C)(C)CNS(=O)(=O)c1ccc(NN)cc1[N+](=O)[O-]. The van der Waals surface area contributed by atoms with Crippen LogP contribution in [0.1, 0.15) is 20.8 Å². The number of hydrogen-bond donors (Lipinski definition) is 3. The van der Waals surface area contributed by atoms with E-state index >= 15 is 0 Å². The van der Waals surface area contributed by atoms with Gasteiger partial charge >= 0.3 is 0 Å². The van der Waals surface area contributed by atoms with E-state index in [0.29, 0.717) is 0 Å². The monoisotopic (exact) mass is 302 g/mol. The van der Waals surface area contributed by atoms with E-state index in [1.165, 1.54) is 6.07 Å². The molecule has 1 aromatic rings. The number of nitro groups is 1. The number of benzene rings is 1. The fourth-order valence-corrected chi connectivity index (χ4v) is 2.80. The van der Waals surface area contributed by atoms with Crippen molar-refractivity contribution in [3.05, 3.63) is 28.3 Å². The fraction of sp³-hybridized carbons (Fsp3) is 0.455. The quantitative estimate of drug-likeness (QED) is 0.426. The summed E-state index contributed by atoms with van der Waals surface area (Å²) < 4.78 is 26.6. The smallest absolute Gasteiger partial charge is 0.291 e. The molecule has 0 unspecified atom stereocenters. The van der Waals surface area contributed by atoms with E-state index < -0.39 is 20.6 Å². The molecular formula is C11H18N4O4S. The van der Waals surface area contributed by atoms with Gasteiger partial charge in [0, 0.05) is 12.6 Å². The zero-order valence-corrected chi connectivity index (χ0v) is 12.3. The molecule has 0 atom stereocenters. The standard InChI is InChI=1S/C11H18N4O4S/c1-11(2,3)7-13-20(18,19)10-5-4-8(14-12)6-9(10)15(16)17/h4-6,13-14H,7,12H2,1-3H3. The first-order valence-corrected chi connectivity index (χ1v) is 7.30. The van der Waals surface area contributed by atoms with Gasteiger partial charge in [0.2, 0.25) is 10.0 Å². The average Bonchev–Trinajstić information content (AvgIpc) is 2.35. The molecule has 0 amide bonds. The molecule has 0 aliphatic rings. The summed E-state index contributed by atoms with van der Waals surface area (Å²) in [4.78, 5) is 9.84. The van der Waals surface area contributed by atoms with Gasteiger partial charge in [-0.3, -0.25) is 16.0 Å². The van der Waals surface area contributed by atoms with E-state index in [1.807, 2.05) is 20.8 Å². The third kappa shape index (κ3) is 4.15. The molecule has 0 fully saturated rings. The van der Waals surface area contributed by atoms with Crippen molar-refractivity contribution in [1.82, 2.24) is 4.72 Å². The number of nitrogens with zero attached hydrogens (tertiary/aromatic N) is 1. The number of hydrogen-bond acceptors (Lipinski definition) is 6. The van der Waals surface area contributed by atoms with Crippen molar-refractivity contribution in [2.45, 2.75) is 25.7 Å². The van der Waals surface area contributed by atoms with Crippen LogP contribution in [0.15, 0.2) is 23.1 Å². The molecule has 0 radical (unpaired) electrons. The second-order valence-corrected chi connectivity index (χ2v) is 7.20. The van der Waals surface area contributed by atoms with Crippen LogP contribution >= 0.6 is 0 Å². The Kier molecular flexibility index (Phi) is 4.69. The van der Waals surface area contributed by atoms with Crippen LogP contribution in [0.5, 0.6) is 0 Å². The van der Waals surface area contributed by atoms with Gasteiger partial charge in [0.05, 0.1) is 10.6 Å². The van der Waals surface area contributed by atoms with Gasteiger partial charge in [-0.15, -0.1) is 0 Å². The molecule has 0 spiro atoms. The summed E-state index contributed by atoms with van der Waals surface area (Å²) in [6, 6.07) is 3.59. The maximum atomic E-state index is 12.1. The van der Waals surface area contributed by atoms with E-state index in [9.17, 15) is 18.5 Å². The lowest BCUT2D eigenvalue weighted by atomic mass is 9.98. The molecule has 0 bridgehead atoms. The summed E-state index contributed by atoms with van der Waals surface area (Å²) in [6.07, 6.45) is 0. The molecule has 0 aliphatic heterocycles. The van der Waals surface area contributed by atoms with Gasteiger partial charge < -0.3 is 5.43 Å². The Bertz CT molecular complexity index is 607. The minimum Gasteiger partial charge on any atom is -0.324 e. The molecule has 1 aromatic carbocycles. The minimum atomic E-state index is -3.95. The van der Waals surface area contributed by atoms with Crippen molar-refractivity contribution in [1.29, 1.82) is 0 Å². The summed E-state index contributed by atoms with van der Waals surface area (Å²) >= 11 is 0. The summed E-state index contributed by atoms with van der Waals surface area (Å²) in [5.74, 6) is 5.16. The first kappa shape index (κ1) is 16.3. The van der Waals surface area contributed by atoms with Gasteiger partial charge in [0.25, 0.3) is 5.69 Å². The van der Waals surface area contributed by atoms with E-state index in [4.69, 9.17) is 5.84 Å². The van der Waals surface area contributed by atoms with Crippen LogP contribution in [0.25, 0.3) is 0 Å². The van der Waals surface area contributed by atoms with Gasteiger partial charge in [-0.05, 0) is 17.5 Å². The van der Waals surface area contributed by atoms with Crippen molar-refractivity contribution in [3.63, 3.8) is 0 Å². The lowest BCUT2D eigenvalue weighted by Gasteiger charge is -2.18. The summed E-state index contributed by atoms with van der Waals surface area (Å²) in [6.45, 7) is 5.73. The molecule has 0 aromatic heterocycles. The van der Waals surface area contributed by atoms with Crippen LogP contribution < -0.4 is 16.0 Å². The van der Waals surface area contributed by atoms with Crippen LogP contribution in [0.2, 0.25) is 0 Å². The van der Waals surface area contributed by atoms with Gasteiger partial charge in [-0.1, -0.05) is 20.8 Å². The maximum absolute atomic E-state index is 12.1. The molecular weight excluding hydrogens is 284 g/mol. The van der Waals surface area contributed by atoms with Crippen molar-refractivity contribution >= 4 is 21.4 Å². The molecule has 0 saturated heterocycles. The number of hydrazine groups is 1. The normalized spacial score (nSPS) is 12.2. The number of nitro benzene ring substituents is 1. The maximum Gasteiger partial charge on any atom is 0.291 e. The summed E-state index contributed by atoms with van der Waals surface area (Å²) in [5, 5.41) is 11.0. The summed E-state index contributed by atoms with van der Waals surface area (Å²) in [7, 11) is -3.95. The van der Waals surface area contributed by atoms with Crippen LogP contribution in [0.3, 0.4) is 0 Å². The molecule has 9 heteroatoms. The third-order valence-corrected chi connectivity index (χ3v) is 3.85. The number of rotatable bonds is 5. The highest BCUT2D eigenvalue weighted by Gasteiger charge is 2.27. The molecule has 0 heterocycles. The third-order valence-electron chi connectivity index (χ3n) is 2.40. The van der Waals surface area contributed by atoms with Crippen molar-refractivity contribution in [2.24, 2.45) is 11.3 Å². The topological polar surface area (TPSA) is 127 Å².